The summed E-state index contributed by atoms with van der Waals surface area (Å²) < 4.78 is 0. The molecule has 1 atom stereocenters. The maximum absolute atomic E-state index is 12.2. The van der Waals surface area contributed by atoms with E-state index in [0.717, 1.165) is 5.56 Å². The predicted molar refractivity (Wildman–Crippen MR) is 86.5 cm³/mol. The summed E-state index contributed by atoms with van der Waals surface area (Å²) in [7, 11) is 0. The third kappa shape index (κ3) is 4.19. The fourth-order valence-corrected chi connectivity index (χ4v) is 2.16. The number of nitrogens with zero attached hydrogens (tertiary/aromatic N) is 2. The van der Waals surface area contributed by atoms with Crippen molar-refractivity contribution in [2.75, 3.05) is 0 Å². The number of hydrogen-bond acceptors (Lipinski definition) is 4. The van der Waals surface area contributed by atoms with Crippen molar-refractivity contribution in [2.45, 2.75) is 12.5 Å². The summed E-state index contributed by atoms with van der Waals surface area (Å²) in [6.07, 6.45) is 0.187. The molecule has 0 aliphatic carbocycles. The van der Waals surface area contributed by atoms with Crippen molar-refractivity contribution >= 4 is 11.8 Å². The highest BCUT2D eigenvalue weighted by Crippen LogP contribution is 2.09. The monoisotopic (exact) mass is 318 g/mol. The quantitative estimate of drug-likeness (QED) is 0.862. The lowest BCUT2D eigenvalue weighted by Crippen LogP contribution is -2.45. The highest BCUT2D eigenvalue weighted by Gasteiger charge is 2.19. The molecule has 2 rings (SSSR count). The van der Waals surface area contributed by atoms with E-state index in [0.29, 0.717) is 16.7 Å². The van der Waals surface area contributed by atoms with Crippen LogP contribution in [0.3, 0.4) is 0 Å². The lowest BCUT2D eigenvalue weighted by Gasteiger charge is -2.16. The van der Waals surface area contributed by atoms with Gasteiger partial charge in [-0.05, 0) is 42.0 Å². The van der Waals surface area contributed by atoms with E-state index in [1.807, 2.05) is 12.1 Å². The number of primary amides is 1. The van der Waals surface area contributed by atoms with Gasteiger partial charge < -0.3 is 11.1 Å². The Bertz CT molecular complexity index is 845. The van der Waals surface area contributed by atoms with Gasteiger partial charge in [-0.3, -0.25) is 9.59 Å². The fourth-order valence-electron chi connectivity index (χ4n) is 2.16. The van der Waals surface area contributed by atoms with E-state index < -0.39 is 17.9 Å². The third-order valence-corrected chi connectivity index (χ3v) is 3.42. The second kappa shape index (κ2) is 7.57. The number of benzene rings is 2. The molecule has 0 fully saturated rings. The van der Waals surface area contributed by atoms with Gasteiger partial charge in [0.2, 0.25) is 5.91 Å². The molecule has 0 aromatic heterocycles. The van der Waals surface area contributed by atoms with Gasteiger partial charge >= 0.3 is 0 Å². The molecular formula is C18H14N4O2. The van der Waals surface area contributed by atoms with Gasteiger partial charge in [0.25, 0.3) is 5.91 Å². The molecule has 0 aliphatic heterocycles. The van der Waals surface area contributed by atoms with Crippen LogP contribution < -0.4 is 11.1 Å². The minimum Gasteiger partial charge on any atom is -0.368 e. The van der Waals surface area contributed by atoms with Gasteiger partial charge in [-0.15, -0.1) is 0 Å². The van der Waals surface area contributed by atoms with Gasteiger partial charge in [-0.2, -0.15) is 10.5 Å². The number of amides is 2. The summed E-state index contributed by atoms with van der Waals surface area (Å²) in [6, 6.07) is 15.9. The van der Waals surface area contributed by atoms with Crippen molar-refractivity contribution in [3.8, 4) is 12.1 Å². The van der Waals surface area contributed by atoms with Crippen LogP contribution in [0.5, 0.6) is 0 Å². The summed E-state index contributed by atoms with van der Waals surface area (Å²) in [5, 5.41) is 20.2. The Morgan fingerprint density at radius 3 is 2.29 bits per heavy atom. The van der Waals surface area contributed by atoms with E-state index in [9.17, 15) is 9.59 Å². The molecule has 2 aromatic rings. The normalized spacial score (nSPS) is 10.9. The lowest BCUT2D eigenvalue weighted by atomic mass is 10.0. The number of hydrogen-bond donors (Lipinski definition) is 2. The minimum absolute atomic E-state index is 0.187. The van der Waals surface area contributed by atoms with E-state index in [1.165, 1.54) is 24.3 Å². The van der Waals surface area contributed by atoms with Gasteiger partial charge in [-0.25, -0.2) is 0 Å². The number of rotatable bonds is 5. The molecule has 0 saturated heterocycles. The molecule has 0 bridgehead atoms. The van der Waals surface area contributed by atoms with Crippen molar-refractivity contribution in [1.82, 2.24) is 5.32 Å². The molecule has 2 amide bonds. The molecule has 0 unspecified atom stereocenters. The lowest BCUT2D eigenvalue weighted by molar-refractivity contribution is -0.119. The standard InChI is InChI=1S/C18H14N4O2/c19-10-12-4-6-15(7-5-12)18(24)22-16(17(21)23)9-13-2-1-3-14(8-13)11-20/h1-8,16H,9H2,(H2,21,23)(H,22,24)/t16-/m1/s1. The van der Waals surface area contributed by atoms with Crippen molar-refractivity contribution in [1.29, 1.82) is 10.5 Å². The van der Waals surface area contributed by atoms with Crippen LogP contribution in [0.1, 0.15) is 27.0 Å². The zero-order valence-corrected chi connectivity index (χ0v) is 12.7. The van der Waals surface area contributed by atoms with Crippen molar-refractivity contribution in [2.24, 2.45) is 5.73 Å². The first kappa shape index (κ1) is 16.7. The van der Waals surface area contributed by atoms with Crippen LogP contribution in [0.4, 0.5) is 0 Å². The Hall–Kier alpha value is -3.64. The molecular weight excluding hydrogens is 304 g/mol. The van der Waals surface area contributed by atoms with Crippen molar-refractivity contribution in [3.63, 3.8) is 0 Å². The van der Waals surface area contributed by atoms with Crippen molar-refractivity contribution in [3.05, 3.63) is 70.8 Å². The number of nitriles is 2. The largest absolute Gasteiger partial charge is 0.368 e. The smallest absolute Gasteiger partial charge is 0.251 e. The molecule has 0 aliphatic rings. The summed E-state index contributed by atoms with van der Waals surface area (Å²) in [5.41, 5.74) is 7.31. The molecule has 6 heteroatoms. The van der Waals surface area contributed by atoms with Gasteiger partial charge in [0.15, 0.2) is 0 Å². The average molecular weight is 318 g/mol. The zero-order chi connectivity index (χ0) is 17.5. The second-order valence-corrected chi connectivity index (χ2v) is 5.13. The maximum Gasteiger partial charge on any atom is 0.251 e. The molecule has 0 spiro atoms. The highest BCUT2D eigenvalue weighted by molar-refractivity contribution is 5.97. The number of nitrogens with one attached hydrogen (secondary N) is 1. The van der Waals surface area contributed by atoms with E-state index >= 15 is 0 Å². The number of nitrogens with two attached hydrogens (primary N) is 1. The summed E-state index contributed by atoms with van der Waals surface area (Å²) in [6.45, 7) is 0. The predicted octanol–water partition coefficient (Wildman–Crippen LogP) is 1.26. The van der Waals surface area contributed by atoms with Gasteiger partial charge in [0.1, 0.15) is 6.04 Å². The van der Waals surface area contributed by atoms with Crippen LogP contribution in [-0.2, 0) is 11.2 Å². The molecule has 118 valence electrons. The Labute approximate surface area is 139 Å². The number of carbonyl (C=O) groups is 2. The van der Waals surface area contributed by atoms with Gasteiger partial charge in [0.05, 0.1) is 23.3 Å². The Morgan fingerprint density at radius 2 is 1.71 bits per heavy atom. The topological polar surface area (TPSA) is 120 Å². The highest BCUT2D eigenvalue weighted by atomic mass is 16.2. The van der Waals surface area contributed by atoms with Gasteiger partial charge in [-0.1, -0.05) is 12.1 Å². The molecule has 24 heavy (non-hydrogen) atoms. The van der Waals surface area contributed by atoms with Crippen LogP contribution in [0, 0.1) is 22.7 Å². The zero-order valence-electron chi connectivity index (χ0n) is 12.7. The fraction of sp³-hybridized carbons (Fsp3) is 0.111. The third-order valence-electron chi connectivity index (χ3n) is 3.42. The maximum atomic E-state index is 12.2. The van der Waals surface area contributed by atoms with Crippen LogP contribution in [-0.4, -0.2) is 17.9 Å². The average Bonchev–Trinajstić information content (AvgIpc) is 2.61. The molecule has 3 N–H and O–H groups in total. The van der Waals surface area contributed by atoms with E-state index in [-0.39, 0.29) is 6.42 Å². The van der Waals surface area contributed by atoms with Crippen LogP contribution in [0.25, 0.3) is 0 Å². The first-order chi connectivity index (χ1) is 11.5. The second-order valence-electron chi connectivity index (χ2n) is 5.13. The molecule has 6 nitrogen and oxygen atoms in total. The van der Waals surface area contributed by atoms with Crippen molar-refractivity contribution < 1.29 is 9.59 Å². The van der Waals surface area contributed by atoms with E-state index in [2.05, 4.69) is 5.32 Å². The first-order valence-electron chi connectivity index (χ1n) is 7.13. The summed E-state index contributed by atoms with van der Waals surface area (Å²) in [4.78, 5) is 23.8. The van der Waals surface area contributed by atoms with E-state index in [1.54, 1.807) is 24.3 Å². The summed E-state index contributed by atoms with van der Waals surface area (Å²) >= 11 is 0. The van der Waals surface area contributed by atoms with Crippen LogP contribution in [0.15, 0.2) is 48.5 Å². The van der Waals surface area contributed by atoms with Crippen LogP contribution >= 0.6 is 0 Å². The Morgan fingerprint density at radius 1 is 1.04 bits per heavy atom. The van der Waals surface area contributed by atoms with Crippen LogP contribution in [0.2, 0.25) is 0 Å². The minimum atomic E-state index is -0.901. The first-order valence-corrected chi connectivity index (χ1v) is 7.13. The van der Waals surface area contributed by atoms with Gasteiger partial charge in [0, 0.05) is 12.0 Å². The van der Waals surface area contributed by atoms with E-state index in [4.69, 9.17) is 16.3 Å². The molecule has 2 aromatic carbocycles. The Balaban J connectivity index is 2.13. The number of carbonyl (C=O) groups excluding carboxylic acids is 2. The Kier molecular flexibility index (Phi) is 5.28. The molecule has 0 heterocycles. The molecule has 0 saturated carbocycles. The molecule has 0 radical (unpaired) electrons. The SMILES string of the molecule is N#Cc1ccc(C(=O)N[C@H](Cc2cccc(C#N)c2)C(N)=O)cc1. The summed E-state index contributed by atoms with van der Waals surface area (Å²) in [5.74, 6) is -1.13.